The van der Waals surface area contributed by atoms with Crippen molar-refractivity contribution in [2.24, 2.45) is 5.73 Å². The summed E-state index contributed by atoms with van der Waals surface area (Å²) in [4.78, 5) is 22.7. The van der Waals surface area contributed by atoms with Crippen LogP contribution in [0, 0.1) is 0 Å². The van der Waals surface area contributed by atoms with Crippen LogP contribution in [-0.2, 0) is 0 Å². The predicted molar refractivity (Wildman–Crippen MR) is 122 cm³/mol. The topological polar surface area (TPSA) is 111 Å². The molecule has 5 rings (SSSR count). The highest BCUT2D eigenvalue weighted by atomic mass is 32.1. The molecule has 1 aromatic carbocycles. The van der Waals surface area contributed by atoms with E-state index in [2.05, 4.69) is 20.0 Å². The van der Waals surface area contributed by atoms with Gasteiger partial charge >= 0.3 is 0 Å². The second kappa shape index (κ2) is 8.04. The lowest BCUT2D eigenvalue weighted by Gasteiger charge is -2.19. The standard InChI is InChI=1S/C22H22N6O3S/c1-30-15-7-8-17(18(10-15)31-2)27-12-14(11-25-27)28(13-5-6-13)22-26-19(21(23)29)20(32-22)16-4-3-9-24-16/h3-4,7-13,24H,5-6H2,1-2H3,(H2,23,29). The van der Waals surface area contributed by atoms with Gasteiger partial charge in [-0.05, 0) is 37.1 Å². The number of benzene rings is 1. The maximum absolute atomic E-state index is 12.1. The Morgan fingerprint density at radius 2 is 2.12 bits per heavy atom. The van der Waals surface area contributed by atoms with Crippen LogP contribution in [0.25, 0.3) is 16.3 Å². The number of nitrogens with two attached hydrogens (primary N) is 1. The fraction of sp³-hybridized carbons (Fsp3) is 0.227. The highest BCUT2D eigenvalue weighted by Gasteiger charge is 2.34. The van der Waals surface area contributed by atoms with Crippen molar-refractivity contribution < 1.29 is 14.3 Å². The predicted octanol–water partition coefficient (Wildman–Crippen LogP) is 3.74. The number of anilines is 2. The molecule has 1 fully saturated rings. The van der Waals surface area contributed by atoms with Gasteiger partial charge in [-0.25, -0.2) is 9.67 Å². The summed E-state index contributed by atoms with van der Waals surface area (Å²) >= 11 is 1.44. The number of aromatic amines is 1. The van der Waals surface area contributed by atoms with E-state index in [1.54, 1.807) is 25.1 Å². The van der Waals surface area contributed by atoms with Gasteiger partial charge in [0.15, 0.2) is 10.8 Å². The monoisotopic (exact) mass is 450 g/mol. The summed E-state index contributed by atoms with van der Waals surface area (Å²) in [7, 11) is 3.23. The van der Waals surface area contributed by atoms with Crippen molar-refractivity contribution in [3.63, 3.8) is 0 Å². The molecule has 0 spiro atoms. The molecule has 0 radical (unpaired) electrons. The fourth-order valence-corrected chi connectivity index (χ4v) is 4.74. The normalized spacial score (nSPS) is 13.2. The quantitative estimate of drug-likeness (QED) is 0.423. The Kier molecular flexibility index (Phi) is 5.06. The first-order chi connectivity index (χ1) is 15.6. The molecule has 0 aliphatic heterocycles. The Bertz CT molecular complexity index is 1260. The third kappa shape index (κ3) is 3.58. The summed E-state index contributed by atoms with van der Waals surface area (Å²) < 4.78 is 12.6. The molecule has 9 nitrogen and oxygen atoms in total. The van der Waals surface area contributed by atoms with E-state index in [0.717, 1.165) is 34.8 Å². The van der Waals surface area contributed by atoms with Gasteiger partial charge in [0, 0.05) is 18.3 Å². The number of carbonyl (C=O) groups excluding carboxylic acids is 1. The number of H-pyrrole nitrogens is 1. The highest BCUT2D eigenvalue weighted by Crippen LogP contribution is 2.43. The number of thiazole rings is 1. The summed E-state index contributed by atoms with van der Waals surface area (Å²) in [6, 6.07) is 9.66. The van der Waals surface area contributed by atoms with E-state index in [1.165, 1.54) is 11.3 Å². The first-order valence-electron chi connectivity index (χ1n) is 10.1. The number of carbonyl (C=O) groups is 1. The number of aromatic nitrogens is 4. The van der Waals surface area contributed by atoms with Gasteiger partial charge in [0.25, 0.3) is 5.91 Å². The summed E-state index contributed by atoms with van der Waals surface area (Å²) in [6.45, 7) is 0. The van der Waals surface area contributed by atoms with Crippen LogP contribution < -0.4 is 20.1 Å². The van der Waals surface area contributed by atoms with Gasteiger partial charge in [0.2, 0.25) is 0 Å². The van der Waals surface area contributed by atoms with Crippen molar-refractivity contribution in [2.75, 3.05) is 19.1 Å². The molecule has 3 N–H and O–H groups in total. The zero-order valence-electron chi connectivity index (χ0n) is 17.6. The number of rotatable bonds is 8. The zero-order chi connectivity index (χ0) is 22.2. The van der Waals surface area contributed by atoms with Crippen molar-refractivity contribution in [3.05, 3.63) is 54.6 Å². The van der Waals surface area contributed by atoms with Gasteiger partial charge in [-0.1, -0.05) is 11.3 Å². The third-order valence-corrected chi connectivity index (χ3v) is 6.38. The smallest absolute Gasteiger partial charge is 0.268 e. The van der Waals surface area contributed by atoms with E-state index in [1.807, 2.05) is 42.7 Å². The lowest BCUT2D eigenvalue weighted by molar-refractivity contribution is 0.0997. The van der Waals surface area contributed by atoms with E-state index in [0.29, 0.717) is 22.7 Å². The average molecular weight is 451 g/mol. The number of nitrogens with one attached hydrogen (secondary N) is 1. The Morgan fingerprint density at radius 3 is 2.78 bits per heavy atom. The van der Waals surface area contributed by atoms with Crippen LogP contribution in [0.1, 0.15) is 23.3 Å². The largest absolute Gasteiger partial charge is 0.497 e. The molecule has 10 heteroatoms. The van der Waals surface area contributed by atoms with Gasteiger partial charge in [-0.2, -0.15) is 5.10 Å². The number of hydrogen-bond donors (Lipinski definition) is 2. The maximum Gasteiger partial charge on any atom is 0.268 e. The molecule has 0 saturated heterocycles. The van der Waals surface area contributed by atoms with Gasteiger partial charge in [-0.3, -0.25) is 4.79 Å². The fourth-order valence-electron chi connectivity index (χ4n) is 3.59. The van der Waals surface area contributed by atoms with E-state index >= 15 is 0 Å². The maximum atomic E-state index is 12.1. The van der Waals surface area contributed by atoms with Crippen LogP contribution in [0.3, 0.4) is 0 Å². The van der Waals surface area contributed by atoms with Crippen molar-refractivity contribution in [1.82, 2.24) is 19.7 Å². The molecule has 3 heterocycles. The van der Waals surface area contributed by atoms with Crippen molar-refractivity contribution in [2.45, 2.75) is 18.9 Å². The summed E-state index contributed by atoms with van der Waals surface area (Å²) in [5, 5.41) is 5.27. The summed E-state index contributed by atoms with van der Waals surface area (Å²) in [5.41, 5.74) is 8.39. The Balaban J connectivity index is 1.54. The van der Waals surface area contributed by atoms with Gasteiger partial charge < -0.3 is 25.1 Å². The second-order valence-electron chi connectivity index (χ2n) is 7.40. The van der Waals surface area contributed by atoms with E-state index < -0.39 is 5.91 Å². The number of amides is 1. The van der Waals surface area contributed by atoms with Crippen molar-refractivity contribution >= 4 is 28.1 Å². The summed E-state index contributed by atoms with van der Waals surface area (Å²) in [5.74, 6) is 0.805. The number of nitrogens with zero attached hydrogens (tertiary/aromatic N) is 4. The van der Waals surface area contributed by atoms with E-state index in [4.69, 9.17) is 15.2 Å². The van der Waals surface area contributed by atoms with Crippen LogP contribution in [-0.4, -0.2) is 45.9 Å². The molecular formula is C22H22N6O3S. The molecule has 0 unspecified atom stereocenters. The van der Waals surface area contributed by atoms with Crippen LogP contribution in [0.15, 0.2) is 48.9 Å². The minimum atomic E-state index is -0.550. The lowest BCUT2D eigenvalue weighted by atomic mass is 10.2. The third-order valence-electron chi connectivity index (χ3n) is 5.29. The van der Waals surface area contributed by atoms with Crippen LogP contribution in [0.2, 0.25) is 0 Å². The van der Waals surface area contributed by atoms with Crippen LogP contribution >= 0.6 is 11.3 Å². The number of methoxy groups -OCH3 is 2. The first kappa shape index (κ1) is 20.1. The molecular weight excluding hydrogens is 428 g/mol. The average Bonchev–Trinajstić information content (AvgIpc) is 3.20. The Morgan fingerprint density at radius 1 is 1.28 bits per heavy atom. The summed E-state index contributed by atoms with van der Waals surface area (Å²) in [6.07, 6.45) is 7.62. The van der Waals surface area contributed by atoms with Crippen LogP contribution in [0.5, 0.6) is 11.5 Å². The molecule has 3 aromatic heterocycles. The Hall–Kier alpha value is -3.79. The number of hydrogen-bond acceptors (Lipinski definition) is 7. The molecule has 1 aliphatic rings. The van der Waals surface area contributed by atoms with E-state index in [9.17, 15) is 4.79 Å². The number of ether oxygens (including phenoxy) is 2. The van der Waals surface area contributed by atoms with Gasteiger partial charge in [0.1, 0.15) is 17.2 Å². The lowest BCUT2D eigenvalue weighted by Crippen LogP contribution is -2.19. The molecule has 4 aromatic rings. The van der Waals surface area contributed by atoms with E-state index in [-0.39, 0.29) is 5.69 Å². The molecule has 0 atom stereocenters. The first-order valence-corrected chi connectivity index (χ1v) is 10.9. The minimum Gasteiger partial charge on any atom is -0.497 e. The minimum absolute atomic E-state index is 0.266. The molecule has 32 heavy (non-hydrogen) atoms. The molecule has 1 aliphatic carbocycles. The molecule has 0 bridgehead atoms. The van der Waals surface area contributed by atoms with Gasteiger partial charge in [-0.15, -0.1) is 0 Å². The highest BCUT2D eigenvalue weighted by molar-refractivity contribution is 7.19. The molecule has 1 amide bonds. The molecule has 164 valence electrons. The zero-order valence-corrected chi connectivity index (χ0v) is 18.4. The number of primary amides is 1. The van der Waals surface area contributed by atoms with Crippen LogP contribution in [0.4, 0.5) is 10.8 Å². The van der Waals surface area contributed by atoms with Crippen molar-refractivity contribution in [1.29, 1.82) is 0 Å². The second-order valence-corrected chi connectivity index (χ2v) is 8.38. The SMILES string of the molecule is COc1ccc(-n2cc(N(c3nc(C(N)=O)c(-c4ccc[nH]4)s3)C3CC3)cn2)c(OC)c1. The van der Waals surface area contributed by atoms with Crippen molar-refractivity contribution in [3.8, 4) is 27.8 Å². The molecule has 1 saturated carbocycles. The Labute approximate surface area is 188 Å². The van der Waals surface area contributed by atoms with Gasteiger partial charge in [0.05, 0.1) is 42.9 Å².